The predicted octanol–water partition coefficient (Wildman–Crippen LogP) is 5.96. The molecule has 0 amide bonds. The number of rotatable bonds is 3. The lowest BCUT2D eigenvalue weighted by Crippen LogP contribution is -2.04. The maximum absolute atomic E-state index is 3.63. The van der Waals surface area contributed by atoms with Gasteiger partial charge in [0.25, 0.3) is 0 Å². The van der Waals surface area contributed by atoms with E-state index in [1.54, 1.807) is 0 Å². The van der Waals surface area contributed by atoms with E-state index >= 15 is 0 Å². The van der Waals surface area contributed by atoms with Gasteiger partial charge in [0.2, 0.25) is 0 Å². The molecule has 0 saturated heterocycles. The SMILES string of the molecule is Cc1cccc(C(c2cccc(C)c2)c2cc3ccccc3[nH]2)c1. The normalized spacial score (nSPS) is 11.3. The molecule has 1 nitrogen and oxygen atoms in total. The van der Waals surface area contributed by atoms with Gasteiger partial charge in [-0.1, -0.05) is 77.9 Å². The first-order valence-corrected chi connectivity index (χ1v) is 8.41. The molecule has 0 saturated carbocycles. The molecule has 1 heterocycles. The van der Waals surface area contributed by atoms with Crippen molar-refractivity contribution < 1.29 is 0 Å². The summed E-state index contributed by atoms with van der Waals surface area (Å²) in [5.74, 6) is 0.220. The van der Waals surface area contributed by atoms with E-state index in [4.69, 9.17) is 0 Å². The molecule has 0 aliphatic heterocycles. The van der Waals surface area contributed by atoms with E-state index in [0.717, 1.165) is 0 Å². The van der Waals surface area contributed by atoms with Crippen molar-refractivity contribution in [2.75, 3.05) is 0 Å². The van der Waals surface area contributed by atoms with Crippen LogP contribution >= 0.6 is 0 Å². The van der Waals surface area contributed by atoms with Crippen LogP contribution in [0.5, 0.6) is 0 Å². The van der Waals surface area contributed by atoms with Gasteiger partial charge in [-0.25, -0.2) is 0 Å². The van der Waals surface area contributed by atoms with Crippen molar-refractivity contribution in [2.45, 2.75) is 19.8 Å². The van der Waals surface area contributed by atoms with Crippen LogP contribution in [0.4, 0.5) is 0 Å². The Bertz CT molecular complexity index is 915. The van der Waals surface area contributed by atoms with Crippen molar-refractivity contribution in [3.63, 3.8) is 0 Å². The highest BCUT2D eigenvalue weighted by atomic mass is 14.7. The third-order valence-electron chi connectivity index (χ3n) is 4.61. The first-order valence-electron chi connectivity index (χ1n) is 8.41. The Kier molecular flexibility index (Phi) is 3.70. The Balaban J connectivity index is 1.92. The van der Waals surface area contributed by atoms with Crippen LogP contribution in [0.2, 0.25) is 0 Å². The molecule has 0 aliphatic rings. The molecular formula is C23H21N. The molecule has 4 aromatic rings. The maximum atomic E-state index is 3.63. The molecule has 0 bridgehead atoms. The van der Waals surface area contributed by atoms with Gasteiger partial charge in [0.05, 0.1) is 0 Å². The summed E-state index contributed by atoms with van der Waals surface area (Å²) in [4.78, 5) is 3.63. The lowest BCUT2D eigenvalue weighted by molar-refractivity contribution is 0.934. The second-order valence-electron chi connectivity index (χ2n) is 6.57. The molecule has 0 radical (unpaired) electrons. The van der Waals surface area contributed by atoms with Crippen molar-refractivity contribution in [3.05, 3.63) is 107 Å². The van der Waals surface area contributed by atoms with E-state index < -0.39 is 0 Å². The van der Waals surface area contributed by atoms with Gasteiger partial charge in [-0.3, -0.25) is 0 Å². The van der Waals surface area contributed by atoms with Crippen molar-refractivity contribution in [1.29, 1.82) is 0 Å². The van der Waals surface area contributed by atoms with Crippen LogP contribution in [0.15, 0.2) is 78.9 Å². The zero-order chi connectivity index (χ0) is 16.5. The van der Waals surface area contributed by atoms with Gasteiger partial charge in [-0.2, -0.15) is 0 Å². The molecular weight excluding hydrogens is 290 g/mol. The third-order valence-corrected chi connectivity index (χ3v) is 4.61. The number of H-pyrrole nitrogens is 1. The highest BCUT2D eigenvalue weighted by Gasteiger charge is 2.19. The van der Waals surface area contributed by atoms with Crippen LogP contribution in [0.25, 0.3) is 10.9 Å². The van der Waals surface area contributed by atoms with Crippen molar-refractivity contribution >= 4 is 10.9 Å². The Morgan fingerprint density at radius 3 is 1.88 bits per heavy atom. The van der Waals surface area contributed by atoms with Crippen LogP contribution in [0.1, 0.15) is 33.9 Å². The standard InChI is InChI=1S/C23H21N/c1-16-7-5-10-19(13-16)23(20-11-6-8-17(2)14-20)22-15-18-9-3-4-12-21(18)24-22/h3-15,23-24H,1-2H3. The summed E-state index contributed by atoms with van der Waals surface area (Å²) in [5.41, 5.74) is 7.67. The van der Waals surface area contributed by atoms with E-state index in [9.17, 15) is 0 Å². The fourth-order valence-electron chi connectivity index (χ4n) is 3.50. The quantitative estimate of drug-likeness (QED) is 0.480. The second-order valence-corrected chi connectivity index (χ2v) is 6.57. The van der Waals surface area contributed by atoms with Gasteiger partial charge in [-0.15, -0.1) is 0 Å². The van der Waals surface area contributed by atoms with Crippen molar-refractivity contribution in [2.24, 2.45) is 0 Å². The molecule has 4 rings (SSSR count). The van der Waals surface area contributed by atoms with Gasteiger partial charge >= 0.3 is 0 Å². The number of hydrogen-bond acceptors (Lipinski definition) is 0. The van der Waals surface area contributed by atoms with E-state index in [0.29, 0.717) is 0 Å². The molecule has 0 fully saturated rings. The van der Waals surface area contributed by atoms with Crippen LogP contribution < -0.4 is 0 Å². The highest BCUT2D eigenvalue weighted by Crippen LogP contribution is 2.34. The molecule has 1 aromatic heterocycles. The summed E-state index contributed by atoms with van der Waals surface area (Å²) < 4.78 is 0. The smallest absolute Gasteiger partial charge is 0.0491 e. The third kappa shape index (κ3) is 2.74. The summed E-state index contributed by atoms with van der Waals surface area (Å²) in [6, 6.07) is 28.4. The Hall–Kier alpha value is -2.80. The van der Waals surface area contributed by atoms with E-state index in [-0.39, 0.29) is 5.92 Å². The fourth-order valence-corrected chi connectivity index (χ4v) is 3.50. The lowest BCUT2D eigenvalue weighted by atomic mass is 9.87. The van der Waals surface area contributed by atoms with E-state index in [1.807, 2.05) is 0 Å². The van der Waals surface area contributed by atoms with Crippen molar-refractivity contribution in [3.8, 4) is 0 Å². The first kappa shape index (κ1) is 14.8. The van der Waals surface area contributed by atoms with Gasteiger partial charge in [0, 0.05) is 17.1 Å². The predicted molar refractivity (Wildman–Crippen MR) is 102 cm³/mol. The minimum Gasteiger partial charge on any atom is -0.358 e. The lowest BCUT2D eigenvalue weighted by Gasteiger charge is -2.18. The van der Waals surface area contributed by atoms with Crippen LogP contribution in [0.3, 0.4) is 0 Å². The Morgan fingerprint density at radius 1 is 0.667 bits per heavy atom. The Morgan fingerprint density at radius 2 is 1.29 bits per heavy atom. The average Bonchev–Trinajstić information content (AvgIpc) is 2.98. The number of nitrogens with one attached hydrogen (secondary N) is 1. The monoisotopic (exact) mass is 311 g/mol. The van der Waals surface area contributed by atoms with Gasteiger partial charge in [0.15, 0.2) is 0 Å². The Labute approximate surface area is 143 Å². The van der Waals surface area contributed by atoms with Crippen LogP contribution in [-0.4, -0.2) is 4.98 Å². The van der Waals surface area contributed by atoms with Gasteiger partial charge < -0.3 is 4.98 Å². The number of para-hydroxylation sites is 1. The van der Waals surface area contributed by atoms with Crippen molar-refractivity contribution in [1.82, 2.24) is 4.98 Å². The maximum Gasteiger partial charge on any atom is 0.0491 e. The summed E-state index contributed by atoms with van der Waals surface area (Å²) >= 11 is 0. The molecule has 1 heteroatoms. The zero-order valence-corrected chi connectivity index (χ0v) is 14.1. The largest absolute Gasteiger partial charge is 0.358 e. The highest BCUT2D eigenvalue weighted by molar-refractivity contribution is 5.80. The molecule has 24 heavy (non-hydrogen) atoms. The number of benzene rings is 3. The molecule has 0 spiro atoms. The van der Waals surface area contributed by atoms with Crippen LogP contribution in [-0.2, 0) is 0 Å². The van der Waals surface area contributed by atoms with Gasteiger partial charge in [0.1, 0.15) is 0 Å². The fraction of sp³-hybridized carbons (Fsp3) is 0.130. The second kappa shape index (κ2) is 6.01. The molecule has 3 aromatic carbocycles. The van der Waals surface area contributed by atoms with E-state index in [1.165, 1.54) is 38.9 Å². The molecule has 0 unspecified atom stereocenters. The number of hydrogen-bond donors (Lipinski definition) is 1. The average molecular weight is 311 g/mol. The van der Waals surface area contributed by atoms with Gasteiger partial charge in [-0.05, 0) is 42.5 Å². The number of fused-ring (bicyclic) bond motifs is 1. The minimum atomic E-state index is 0.220. The number of aromatic amines is 1. The molecule has 0 atom stereocenters. The summed E-state index contributed by atoms with van der Waals surface area (Å²) in [6.07, 6.45) is 0. The van der Waals surface area contributed by atoms with Crippen LogP contribution in [0, 0.1) is 13.8 Å². The molecule has 118 valence electrons. The number of aromatic nitrogens is 1. The summed E-state index contributed by atoms with van der Waals surface area (Å²) in [6.45, 7) is 4.31. The topological polar surface area (TPSA) is 15.8 Å². The van der Waals surface area contributed by atoms with E-state index in [2.05, 4.69) is 97.7 Å². The minimum absolute atomic E-state index is 0.220. The molecule has 1 N–H and O–H groups in total. The summed E-state index contributed by atoms with van der Waals surface area (Å²) in [7, 11) is 0. The number of aryl methyl sites for hydroxylation is 2. The summed E-state index contributed by atoms with van der Waals surface area (Å²) in [5, 5.41) is 1.26. The molecule has 0 aliphatic carbocycles. The zero-order valence-electron chi connectivity index (χ0n) is 14.1. The first-order chi connectivity index (χ1) is 11.7.